The van der Waals surface area contributed by atoms with Crippen LogP contribution in [0.1, 0.15) is 34.3 Å². The van der Waals surface area contributed by atoms with Crippen molar-refractivity contribution in [2.75, 3.05) is 13.1 Å². The van der Waals surface area contributed by atoms with Gasteiger partial charge in [-0.15, -0.1) is 0 Å². The van der Waals surface area contributed by atoms with E-state index < -0.39 is 11.7 Å². The topological polar surface area (TPSA) is 42.3 Å². The second kappa shape index (κ2) is 9.86. The molecule has 0 unspecified atom stereocenters. The van der Waals surface area contributed by atoms with E-state index in [1.54, 1.807) is 4.90 Å². The number of likely N-dealkylation sites (tertiary alicyclic amines) is 1. The molecule has 0 saturated carbocycles. The number of hydrogen-bond donors (Lipinski definition) is 0. The fraction of sp³-hybridized carbons (Fsp3) is 0.241. The Morgan fingerprint density at radius 3 is 2.24 bits per heavy atom. The zero-order valence-electron chi connectivity index (χ0n) is 19.0. The van der Waals surface area contributed by atoms with Crippen LogP contribution in [0.15, 0.2) is 85.1 Å². The molecule has 172 valence electrons. The molecular formula is C29H27ClN2O2. The van der Waals surface area contributed by atoms with Gasteiger partial charge in [-0.05, 0) is 54.5 Å². The molecule has 1 saturated heterocycles. The van der Waals surface area contributed by atoms with Crippen molar-refractivity contribution in [3.05, 3.63) is 107 Å². The lowest BCUT2D eigenvalue weighted by atomic mass is 9.90. The average Bonchev–Trinajstić information content (AvgIpc) is 3.24. The number of amides is 1. The first-order valence-corrected chi connectivity index (χ1v) is 12.2. The third-order valence-electron chi connectivity index (χ3n) is 6.76. The number of halogens is 1. The zero-order valence-corrected chi connectivity index (χ0v) is 19.7. The first kappa shape index (κ1) is 22.4. The number of ketones is 1. The molecule has 4 nitrogen and oxygen atoms in total. The molecule has 1 aliphatic rings. The summed E-state index contributed by atoms with van der Waals surface area (Å²) in [6, 6.07) is 25.9. The second-order valence-corrected chi connectivity index (χ2v) is 9.51. The molecule has 0 aliphatic carbocycles. The van der Waals surface area contributed by atoms with Crippen LogP contribution in [0.4, 0.5) is 0 Å². The quantitative estimate of drug-likeness (QED) is 0.256. The molecule has 1 aromatic heterocycles. The average molecular weight is 471 g/mol. The minimum atomic E-state index is -0.424. The van der Waals surface area contributed by atoms with Crippen LogP contribution in [0, 0.1) is 5.92 Å². The van der Waals surface area contributed by atoms with Crippen molar-refractivity contribution in [2.24, 2.45) is 5.92 Å². The molecule has 2 heterocycles. The van der Waals surface area contributed by atoms with Crippen LogP contribution >= 0.6 is 11.6 Å². The van der Waals surface area contributed by atoms with E-state index >= 15 is 0 Å². The summed E-state index contributed by atoms with van der Waals surface area (Å²) >= 11 is 6.02. The number of rotatable bonds is 6. The fourth-order valence-corrected chi connectivity index (χ4v) is 5.02. The summed E-state index contributed by atoms with van der Waals surface area (Å²) in [7, 11) is 0. The summed E-state index contributed by atoms with van der Waals surface area (Å²) in [6.45, 7) is 1.86. The smallest absolute Gasteiger partial charge is 0.295 e. The first-order chi connectivity index (χ1) is 16.6. The number of aromatic nitrogens is 1. The molecule has 34 heavy (non-hydrogen) atoms. The van der Waals surface area contributed by atoms with E-state index in [0.29, 0.717) is 36.1 Å². The van der Waals surface area contributed by atoms with Gasteiger partial charge >= 0.3 is 0 Å². The lowest BCUT2D eigenvalue weighted by molar-refractivity contribution is -0.127. The van der Waals surface area contributed by atoms with Gasteiger partial charge in [-0.25, -0.2) is 0 Å². The van der Waals surface area contributed by atoms with Crippen molar-refractivity contribution >= 4 is 34.2 Å². The normalized spacial score (nSPS) is 14.4. The first-order valence-electron chi connectivity index (χ1n) is 11.8. The van der Waals surface area contributed by atoms with Crippen LogP contribution in [0.25, 0.3) is 10.9 Å². The summed E-state index contributed by atoms with van der Waals surface area (Å²) < 4.78 is 2.03. The van der Waals surface area contributed by atoms with Crippen molar-refractivity contribution < 1.29 is 9.59 Å². The Hall–Kier alpha value is -3.37. The molecule has 5 heteroatoms. The second-order valence-electron chi connectivity index (χ2n) is 9.07. The molecule has 1 amide bonds. The molecular weight excluding hydrogens is 444 g/mol. The summed E-state index contributed by atoms with van der Waals surface area (Å²) in [6.07, 6.45) is 4.69. The molecule has 0 N–H and O–H groups in total. The fourth-order valence-electron chi connectivity index (χ4n) is 4.89. The van der Waals surface area contributed by atoms with E-state index in [1.165, 1.54) is 5.56 Å². The van der Waals surface area contributed by atoms with E-state index in [4.69, 9.17) is 11.6 Å². The van der Waals surface area contributed by atoms with Crippen LogP contribution in [0.5, 0.6) is 0 Å². The van der Waals surface area contributed by atoms with Crippen LogP contribution in [0.3, 0.4) is 0 Å². The number of Topliss-reactive ketones (excluding diaryl/α,β-unsaturated/α-hetero) is 1. The highest BCUT2D eigenvalue weighted by atomic mass is 35.5. The number of nitrogens with zero attached hydrogens (tertiary/aromatic N) is 2. The van der Waals surface area contributed by atoms with Crippen molar-refractivity contribution in [3.63, 3.8) is 0 Å². The Morgan fingerprint density at radius 1 is 0.824 bits per heavy atom. The lowest BCUT2D eigenvalue weighted by Gasteiger charge is -2.31. The van der Waals surface area contributed by atoms with Crippen molar-refractivity contribution in [3.8, 4) is 0 Å². The van der Waals surface area contributed by atoms with Gasteiger partial charge in [-0.2, -0.15) is 0 Å². The Labute approximate surface area is 204 Å². The molecule has 0 spiro atoms. The third kappa shape index (κ3) is 4.78. The number of fused-ring (bicyclic) bond motifs is 1. The summed E-state index contributed by atoms with van der Waals surface area (Å²) in [5.74, 6) is -0.275. The molecule has 0 atom stereocenters. The Bertz CT molecular complexity index is 1300. The molecule has 5 rings (SSSR count). The van der Waals surface area contributed by atoms with Crippen LogP contribution in [-0.4, -0.2) is 34.2 Å². The van der Waals surface area contributed by atoms with Gasteiger partial charge in [-0.3, -0.25) is 9.59 Å². The summed E-state index contributed by atoms with van der Waals surface area (Å²) in [4.78, 5) is 28.2. The minimum Gasteiger partial charge on any atom is -0.342 e. The molecule has 1 aliphatic heterocycles. The van der Waals surface area contributed by atoms with Gasteiger partial charge in [0.05, 0.1) is 5.56 Å². The van der Waals surface area contributed by atoms with Crippen molar-refractivity contribution in [2.45, 2.75) is 25.8 Å². The number of para-hydroxylation sites is 1. The Balaban J connectivity index is 1.30. The number of hydrogen-bond acceptors (Lipinski definition) is 2. The maximum Gasteiger partial charge on any atom is 0.295 e. The van der Waals surface area contributed by atoms with Gasteiger partial charge in [0.15, 0.2) is 0 Å². The Kier molecular flexibility index (Phi) is 6.50. The summed E-state index contributed by atoms with van der Waals surface area (Å²) in [5, 5.41) is 1.50. The molecule has 0 radical (unpaired) electrons. The summed E-state index contributed by atoms with van der Waals surface area (Å²) in [5.41, 5.74) is 3.82. The molecule has 1 fully saturated rings. The highest BCUT2D eigenvalue weighted by molar-refractivity contribution is 6.44. The maximum atomic E-state index is 13.3. The number of benzene rings is 3. The number of piperidine rings is 1. The van der Waals surface area contributed by atoms with Gasteiger partial charge in [0.2, 0.25) is 0 Å². The van der Waals surface area contributed by atoms with Crippen molar-refractivity contribution in [1.29, 1.82) is 0 Å². The van der Waals surface area contributed by atoms with E-state index in [1.807, 2.05) is 65.4 Å². The standard InChI is InChI=1S/C29H27ClN2O2/c30-24-12-10-23(11-13-24)19-32-20-26(25-8-4-5-9-27(25)32)28(33)29(34)31-16-14-22(15-17-31)18-21-6-2-1-3-7-21/h1-13,20,22H,14-19H2. The van der Waals surface area contributed by atoms with Gasteiger partial charge in [-0.1, -0.05) is 72.3 Å². The molecule has 3 aromatic carbocycles. The van der Waals surface area contributed by atoms with Gasteiger partial charge in [0.1, 0.15) is 0 Å². The van der Waals surface area contributed by atoms with E-state index in [0.717, 1.165) is 35.7 Å². The largest absolute Gasteiger partial charge is 0.342 e. The van der Waals surface area contributed by atoms with E-state index in [2.05, 4.69) is 24.3 Å². The van der Waals surface area contributed by atoms with Crippen LogP contribution in [-0.2, 0) is 17.8 Å². The maximum absolute atomic E-state index is 13.3. The van der Waals surface area contributed by atoms with E-state index in [9.17, 15) is 9.59 Å². The zero-order chi connectivity index (χ0) is 23.5. The van der Waals surface area contributed by atoms with Crippen molar-refractivity contribution in [1.82, 2.24) is 9.47 Å². The van der Waals surface area contributed by atoms with E-state index in [-0.39, 0.29) is 0 Å². The predicted molar refractivity (Wildman–Crippen MR) is 136 cm³/mol. The monoisotopic (exact) mass is 470 g/mol. The Morgan fingerprint density at radius 2 is 1.50 bits per heavy atom. The third-order valence-corrected chi connectivity index (χ3v) is 7.01. The highest BCUT2D eigenvalue weighted by Gasteiger charge is 2.29. The lowest BCUT2D eigenvalue weighted by Crippen LogP contribution is -2.42. The number of carbonyl (C=O) groups excluding carboxylic acids is 2. The minimum absolute atomic E-state index is 0.396. The molecule has 4 aromatic rings. The van der Waals surface area contributed by atoms with Gasteiger partial charge in [0, 0.05) is 41.8 Å². The van der Waals surface area contributed by atoms with Crippen LogP contribution < -0.4 is 0 Å². The highest BCUT2D eigenvalue weighted by Crippen LogP contribution is 2.26. The predicted octanol–water partition coefficient (Wildman–Crippen LogP) is 6.01. The van der Waals surface area contributed by atoms with Gasteiger partial charge < -0.3 is 9.47 Å². The molecule has 0 bridgehead atoms. The SMILES string of the molecule is O=C(C(=O)N1CCC(Cc2ccccc2)CC1)c1cn(Cc2ccc(Cl)cc2)c2ccccc12. The number of carbonyl (C=O) groups is 2. The van der Waals surface area contributed by atoms with Gasteiger partial charge in [0.25, 0.3) is 11.7 Å². The van der Waals surface area contributed by atoms with Crippen LogP contribution in [0.2, 0.25) is 5.02 Å².